The quantitative estimate of drug-likeness (QED) is 0.412. The van der Waals surface area contributed by atoms with Crippen LogP contribution in [0, 0.1) is 0 Å². The number of ether oxygens (including phenoxy) is 1. The first-order chi connectivity index (χ1) is 15.8. The lowest BCUT2D eigenvalue weighted by atomic mass is 10.0. The number of aromatic nitrogens is 4. The topological polar surface area (TPSA) is 98.3 Å². The maximum absolute atomic E-state index is 6.02. The number of oxazole rings is 1. The molecule has 0 aliphatic carbocycles. The summed E-state index contributed by atoms with van der Waals surface area (Å²) in [6, 6.07) is 17.2. The van der Waals surface area contributed by atoms with Crippen molar-refractivity contribution in [1.29, 1.82) is 0 Å². The maximum Gasteiger partial charge on any atom is 0.247 e. The molecule has 0 fully saturated rings. The van der Waals surface area contributed by atoms with E-state index in [0.29, 0.717) is 23.0 Å². The molecule has 0 spiro atoms. The van der Waals surface area contributed by atoms with E-state index < -0.39 is 6.23 Å². The molecule has 0 saturated heterocycles. The van der Waals surface area contributed by atoms with Crippen LogP contribution in [0.3, 0.4) is 0 Å². The fourth-order valence-corrected chi connectivity index (χ4v) is 3.53. The molecule has 1 aliphatic rings. The minimum atomic E-state index is -0.395. The fraction of sp³-hybridized carbons (Fsp3) is 0.0417. The molecular formula is C24H16N6O2. The summed E-state index contributed by atoms with van der Waals surface area (Å²) in [5.41, 5.74) is 5.35. The van der Waals surface area contributed by atoms with Gasteiger partial charge in [-0.15, -0.1) is 0 Å². The number of hydrogen-bond acceptors (Lipinski definition) is 8. The van der Waals surface area contributed by atoms with Crippen molar-refractivity contribution in [1.82, 2.24) is 19.9 Å². The van der Waals surface area contributed by atoms with Gasteiger partial charge in [-0.1, -0.05) is 0 Å². The Bertz CT molecular complexity index is 1390. The summed E-state index contributed by atoms with van der Waals surface area (Å²) in [6.07, 6.45) is 8.20. The first kappa shape index (κ1) is 18.2. The van der Waals surface area contributed by atoms with Crippen molar-refractivity contribution in [2.75, 3.05) is 5.32 Å². The van der Waals surface area contributed by atoms with Crippen molar-refractivity contribution < 1.29 is 9.15 Å². The van der Waals surface area contributed by atoms with Crippen LogP contribution in [0.15, 0.2) is 88.8 Å². The zero-order chi connectivity index (χ0) is 21.3. The van der Waals surface area contributed by atoms with Crippen molar-refractivity contribution in [3.05, 3.63) is 90.5 Å². The van der Waals surface area contributed by atoms with E-state index in [2.05, 4.69) is 30.2 Å². The van der Waals surface area contributed by atoms with Gasteiger partial charge >= 0.3 is 0 Å². The van der Waals surface area contributed by atoms with Gasteiger partial charge in [-0.3, -0.25) is 9.98 Å². The minimum Gasteiger partial charge on any atom is -0.448 e. The number of aliphatic imine (C=N–C) groups is 1. The Morgan fingerprint density at radius 2 is 1.88 bits per heavy atom. The highest BCUT2D eigenvalue weighted by molar-refractivity contribution is 5.85. The summed E-state index contributed by atoms with van der Waals surface area (Å²) in [5, 5.41) is 3.35. The third kappa shape index (κ3) is 3.43. The molecule has 1 aliphatic heterocycles. The van der Waals surface area contributed by atoms with Crippen LogP contribution >= 0.6 is 0 Å². The maximum atomic E-state index is 6.02. The normalized spacial score (nSPS) is 14.9. The number of nitrogens with zero attached hydrogens (tertiary/aromatic N) is 5. The number of anilines is 1. The average molecular weight is 420 g/mol. The predicted octanol–water partition coefficient (Wildman–Crippen LogP) is 4.93. The predicted molar refractivity (Wildman–Crippen MR) is 120 cm³/mol. The van der Waals surface area contributed by atoms with E-state index in [-0.39, 0.29) is 0 Å². The lowest BCUT2D eigenvalue weighted by Crippen LogP contribution is -2.11. The molecule has 6 rings (SSSR count). The zero-order valence-electron chi connectivity index (χ0n) is 16.7. The Labute approximate surface area is 182 Å². The van der Waals surface area contributed by atoms with Gasteiger partial charge < -0.3 is 14.5 Å². The van der Waals surface area contributed by atoms with Crippen LogP contribution < -0.4 is 10.1 Å². The molecule has 8 nitrogen and oxygen atoms in total. The van der Waals surface area contributed by atoms with Gasteiger partial charge in [0.1, 0.15) is 11.2 Å². The number of hydrogen-bond donors (Lipinski definition) is 1. The smallest absolute Gasteiger partial charge is 0.247 e. The molecule has 154 valence electrons. The summed E-state index contributed by atoms with van der Waals surface area (Å²) in [4.78, 5) is 21.8. The van der Waals surface area contributed by atoms with Gasteiger partial charge in [0.05, 0.1) is 11.9 Å². The van der Waals surface area contributed by atoms with Crippen molar-refractivity contribution in [2.24, 2.45) is 4.99 Å². The fourth-order valence-electron chi connectivity index (χ4n) is 3.53. The molecule has 1 atom stereocenters. The van der Waals surface area contributed by atoms with Gasteiger partial charge in [-0.2, -0.15) is 0 Å². The van der Waals surface area contributed by atoms with Gasteiger partial charge in [0.2, 0.25) is 17.5 Å². The second-order valence-electron chi connectivity index (χ2n) is 7.20. The summed E-state index contributed by atoms with van der Waals surface area (Å²) in [7, 11) is 0. The van der Waals surface area contributed by atoms with Crippen LogP contribution in [0.25, 0.3) is 22.7 Å². The summed E-state index contributed by atoms with van der Waals surface area (Å²) >= 11 is 0. The summed E-state index contributed by atoms with van der Waals surface area (Å²) in [6.45, 7) is 0. The first-order valence-electron chi connectivity index (χ1n) is 10.0. The number of rotatable bonds is 4. The SMILES string of the molecule is C(=Nc1cccnc1)c1cc(-c2nc3cccnc3o2)cc(C2Nc3cccnc3O2)c1. The average Bonchev–Trinajstić information content (AvgIpc) is 3.48. The minimum absolute atomic E-state index is 0.395. The summed E-state index contributed by atoms with van der Waals surface area (Å²) < 4.78 is 11.9. The first-order valence-corrected chi connectivity index (χ1v) is 10.0. The Balaban J connectivity index is 1.42. The molecule has 0 radical (unpaired) electrons. The van der Waals surface area contributed by atoms with Crippen LogP contribution in [0.5, 0.6) is 5.88 Å². The largest absolute Gasteiger partial charge is 0.448 e. The van der Waals surface area contributed by atoms with E-state index in [1.165, 1.54) is 0 Å². The van der Waals surface area contributed by atoms with E-state index in [4.69, 9.17) is 9.15 Å². The van der Waals surface area contributed by atoms with Crippen molar-refractivity contribution in [2.45, 2.75) is 6.23 Å². The van der Waals surface area contributed by atoms with Crippen LogP contribution in [0.2, 0.25) is 0 Å². The van der Waals surface area contributed by atoms with Gasteiger partial charge in [0, 0.05) is 35.9 Å². The molecule has 8 heteroatoms. The Hall–Kier alpha value is -4.59. The summed E-state index contributed by atoms with van der Waals surface area (Å²) in [5.74, 6) is 1.05. The molecule has 5 heterocycles. The Morgan fingerprint density at radius 3 is 2.75 bits per heavy atom. The molecule has 5 aromatic rings. The van der Waals surface area contributed by atoms with Crippen molar-refractivity contribution >= 4 is 28.8 Å². The molecule has 1 aromatic carbocycles. The van der Waals surface area contributed by atoms with Crippen molar-refractivity contribution in [3.8, 4) is 17.3 Å². The molecule has 4 aromatic heterocycles. The number of nitrogens with one attached hydrogen (secondary N) is 1. The van der Waals surface area contributed by atoms with Gasteiger partial charge in [0.15, 0.2) is 6.23 Å². The van der Waals surface area contributed by atoms with E-state index in [0.717, 1.165) is 28.1 Å². The lowest BCUT2D eigenvalue weighted by molar-refractivity contribution is 0.251. The lowest BCUT2D eigenvalue weighted by Gasteiger charge is -2.13. The second kappa shape index (κ2) is 7.59. The van der Waals surface area contributed by atoms with E-state index in [9.17, 15) is 0 Å². The number of fused-ring (bicyclic) bond motifs is 2. The molecular weight excluding hydrogens is 404 g/mol. The van der Waals surface area contributed by atoms with Crippen LogP contribution in [-0.2, 0) is 0 Å². The third-order valence-corrected chi connectivity index (χ3v) is 4.99. The highest BCUT2D eigenvalue weighted by Crippen LogP contribution is 2.37. The van der Waals surface area contributed by atoms with E-state index in [1.54, 1.807) is 31.0 Å². The monoisotopic (exact) mass is 420 g/mol. The van der Waals surface area contributed by atoms with Crippen molar-refractivity contribution in [3.63, 3.8) is 0 Å². The molecule has 1 N–H and O–H groups in total. The standard InChI is InChI=1S/C24H16N6O2/c1-4-18(14-25-7-1)28-13-15-10-16(21-29-19-5-2-8-26-23(19)31-21)12-17(11-15)22-30-20-6-3-9-27-24(20)32-22/h1-14,21,29H. The molecule has 0 saturated carbocycles. The van der Waals surface area contributed by atoms with Gasteiger partial charge in [-0.25, -0.2) is 15.0 Å². The Kier molecular flexibility index (Phi) is 4.31. The number of pyridine rings is 3. The highest BCUT2D eigenvalue weighted by atomic mass is 16.5. The van der Waals surface area contributed by atoms with Gasteiger partial charge in [-0.05, 0) is 60.2 Å². The zero-order valence-corrected chi connectivity index (χ0v) is 16.7. The Morgan fingerprint density at radius 1 is 0.969 bits per heavy atom. The van der Waals surface area contributed by atoms with E-state index in [1.807, 2.05) is 54.6 Å². The second-order valence-corrected chi connectivity index (χ2v) is 7.20. The number of benzene rings is 1. The van der Waals surface area contributed by atoms with E-state index >= 15 is 0 Å². The molecule has 32 heavy (non-hydrogen) atoms. The van der Waals surface area contributed by atoms with Crippen LogP contribution in [0.1, 0.15) is 17.4 Å². The van der Waals surface area contributed by atoms with Crippen LogP contribution in [-0.4, -0.2) is 26.2 Å². The third-order valence-electron chi connectivity index (χ3n) is 4.99. The molecule has 0 bridgehead atoms. The molecule has 1 unspecified atom stereocenters. The van der Waals surface area contributed by atoms with Crippen LogP contribution in [0.4, 0.5) is 11.4 Å². The molecule has 0 amide bonds. The van der Waals surface area contributed by atoms with Gasteiger partial charge in [0.25, 0.3) is 0 Å². The highest BCUT2D eigenvalue weighted by Gasteiger charge is 2.25.